The molecule has 0 N–H and O–H groups in total. The summed E-state index contributed by atoms with van der Waals surface area (Å²) in [5, 5.41) is 0. The first-order valence-electron chi connectivity index (χ1n) is 3.67. The van der Waals surface area contributed by atoms with E-state index in [0.29, 0.717) is 0 Å². The highest BCUT2D eigenvalue weighted by Gasteiger charge is 2.01. The van der Waals surface area contributed by atoms with E-state index in [4.69, 9.17) is 2.74 Å². The van der Waals surface area contributed by atoms with Crippen LogP contribution in [0.25, 0.3) is 0 Å². The third kappa shape index (κ3) is 1.31. The van der Waals surface area contributed by atoms with Gasteiger partial charge in [-0.2, -0.15) is 0 Å². The monoisotopic (exact) mass is 139 g/mol. The minimum Gasteiger partial charge on any atom is -0.465 e. The van der Waals surface area contributed by atoms with Crippen molar-refractivity contribution in [2.24, 2.45) is 0 Å². The van der Waals surface area contributed by atoms with Gasteiger partial charge < -0.3 is 4.74 Å². The Bertz CT molecular complexity index is 294. The van der Waals surface area contributed by atoms with Crippen LogP contribution in [-0.4, -0.2) is 18.1 Å². The van der Waals surface area contributed by atoms with Gasteiger partial charge in [0.15, 0.2) is 0 Å². The van der Waals surface area contributed by atoms with Crippen LogP contribution in [0.5, 0.6) is 0 Å². The molecule has 0 spiro atoms. The summed E-state index contributed by atoms with van der Waals surface area (Å²) in [5.74, 6) is -0.556. The van der Waals surface area contributed by atoms with Crippen LogP contribution >= 0.6 is 0 Å². The molecule has 0 unspecified atom stereocenters. The largest absolute Gasteiger partial charge is 0.465 e. The van der Waals surface area contributed by atoms with Gasteiger partial charge >= 0.3 is 5.97 Å². The Balaban J connectivity index is 3.08. The highest BCUT2D eigenvalue weighted by atomic mass is 16.5. The van der Waals surface area contributed by atoms with Crippen molar-refractivity contribution in [2.75, 3.05) is 7.11 Å². The number of carbonyl (C=O) groups excluding carboxylic acids is 1. The van der Waals surface area contributed by atoms with E-state index in [1.165, 1.54) is 19.2 Å². The molecule has 0 bridgehead atoms. The van der Waals surface area contributed by atoms with Crippen LogP contribution in [0.2, 0.25) is 0 Å². The normalized spacial score (nSPS) is 11.7. The minimum atomic E-state index is -0.556. The van der Waals surface area contributed by atoms with Crippen molar-refractivity contribution in [2.45, 2.75) is 0 Å². The summed E-state index contributed by atoms with van der Waals surface area (Å²) in [4.78, 5) is 14.4. The third-order valence-corrected chi connectivity index (χ3v) is 0.990. The fourth-order valence-corrected chi connectivity index (χ4v) is 0.518. The second-order valence-electron chi connectivity index (χ2n) is 1.61. The molecular formula is C7H7NO2. The fraction of sp³-hybridized carbons (Fsp3) is 0.143. The van der Waals surface area contributed by atoms with E-state index >= 15 is 0 Å². The topological polar surface area (TPSA) is 39.2 Å². The molecule has 10 heavy (non-hydrogen) atoms. The Morgan fingerprint density at radius 2 is 2.30 bits per heavy atom. The molecule has 1 aromatic heterocycles. The number of pyridine rings is 1. The van der Waals surface area contributed by atoms with Crippen molar-refractivity contribution in [3.05, 3.63) is 30.0 Å². The van der Waals surface area contributed by atoms with Gasteiger partial charge in [0.1, 0.15) is 0 Å². The first-order valence-corrected chi connectivity index (χ1v) is 2.67. The lowest BCUT2D eigenvalue weighted by atomic mass is 10.3. The Kier molecular flexibility index (Phi) is 1.31. The maximum atomic E-state index is 10.9. The summed E-state index contributed by atoms with van der Waals surface area (Å²) < 4.78 is 18.6. The van der Waals surface area contributed by atoms with Crippen LogP contribution in [0, 0.1) is 0 Å². The third-order valence-electron chi connectivity index (χ3n) is 0.990. The zero-order valence-electron chi connectivity index (χ0n) is 7.42. The van der Waals surface area contributed by atoms with Crippen molar-refractivity contribution < 1.29 is 12.3 Å². The van der Waals surface area contributed by atoms with Crippen LogP contribution in [-0.2, 0) is 4.74 Å². The SMILES string of the molecule is [2H]c1cc(C(=O)OC)cc([2H])n1. The van der Waals surface area contributed by atoms with Gasteiger partial charge in [0.2, 0.25) is 0 Å². The molecule has 0 saturated heterocycles. The van der Waals surface area contributed by atoms with Crippen molar-refractivity contribution in [1.82, 2.24) is 4.98 Å². The van der Waals surface area contributed by atoms with E-state index in [0.717, 1.165) is 0 Å². The number of hydrogen-bond donors (Lipinski definition) is 0. The number of carbonyl (C=O) groups is 1. The van der Waals surface area contributed by atoms with E-state index in [9.17, 15) is 4.79 Å². The van der Waals surface area contributed by atoms with Crippen molar-refractivity contribution in [3.63, 3.8) is 0 Å². The zero-order chi connectivity index (χ0) is 9.14. The van der Waals surface area contributed by atoms with Crippen molar-refractivity contribution in [1.29, 1.82) is 0 Å². The number of hydrogen-bond acceptors (Lipinski definition) is 3. The van der Waals surface area contributed by atoms with Gasteiger partial charge in [-0.1, -0.05) is 0 Å². The Hall–Kier alpha value is -1.38. The van der Waals surface area contributed by atoms with Gasteiger partial charge in [-0.15, -0.1) is 0 Å². The molecule has 1 aromatic rings. The predicted molar refractivity (Wildman–Crippen MR) is 35.6 cm³/mol. The highest BCUT2D eigenvalue weighted by Crippen LogP contribution is 1.96. The van der Waals surface area contributed by atoms with E-state index in [1.54, 1.807) is 0 Å². The lowest BCUT2D eigenvalue weighted by Crippen LogP contribution is -2.00. The van der Waals surface area contributed by atoms with Crippen LogP contribution in [0.1, 0.15) is 13.1 Å². The standard InChI is InChI=1S/C7H7NO2/c1-10-7(9)6-2-4-8-5-3-6/h2-5H,1H3/i4D,5D. The molecule has 0 aromatic carbocycles. The predicted octanol–water partition coefficient (Wildman–Crippen LogP) is 0.868. The van der Waals surface area contributed by atoms with E-state index in [1.807, 2.05) is 0 Å². The van der Waals surface area contributed by atoms with Crippen LogP contribution in [0.4, 0.5) is 0 Å². The summed E-state index contributed by atoms with van der Waals surface area (Å²) in [6.07, 6.45) is -0.217. The molecule has 0 aliphatic rings. The average Bonchev–Trinajstić information content (AvgIpc) is 2.01. The highest BCUT2D eigenvalue weighted by molar-refractivity contribution is 5.88. The van der Waals surface area contributed by atoms with Crippen LogP contribution in [0.15, 0.2) is 24.5 Å². The van der Waals surface area contributed by atoms with Gasteiger partial charge in [-0.25, -0.2) is 4.79 Å². The molecule has 0 fully saturated rings. The maximum Gasteiger partial charge on any atom is 0.337 e. The van der Waals surface area contributed by atoms with E-state index in [2.05, 4.69) is 9.72 Å². The fourth-order valence-electron chi connectivity index (χ4n) is 0.518. The molecule has 52 valence electrons. The molecular weight excluding hydrogens is 130 g/mol. The minimum absolute atomic E-state index is 0.108. The molecule has 0 saturated carbocycles. The molecule has 0 atom stereocenters. The van der Waals surface area contributed by atoms with E-state index < -0.39 is 5.97 Å². The molecule has 3 nitrogen and oxygen atoms in total. The molecule has 0 aliphatic carbocycles. The van der Waals surface area contributed by atoms with Crippen molar-refractivity contribution in [3.8, 4) is 0 Å². The first-order chi connectivity index (χ1) is 5.63. The number of methoxy groups -OCH3 is 1. The second-order valence-corrected chi connectivity index (χ2v) is 1.61. The summed E-state index contributed by atoms with van der Waals surface area (Å²) in [6, 6.07) is 2.51. The van der Waals surface area contributed by atoms with Gasteiger partial charge in [0, 0.05) is 12.3 Å². The molecule has 1 rings (SSSR count). The quantitative estimate of drug-likeness (QED) is 0.542. The Morgan fingerprint density at radius 3 is 2.80 bits per heavy atom. The lowest BCUT2D eigenvalue weighted by Gasteiger charge is -1.95. The average molecular weight is 139 g/mol. The summed E-state index contributed by atoms with van der Waals surface area (Å²) >= 11 is 0. The number of rotatable bonds is 1. The molecule has 0 radical (unpaired) electrons. The zero-order valence-corrected chi connectivity index (χ0v) is 5.42. The second kappa shape index (κ2) is 2.96. The summed E-state index contributed by atoms with van der Waals surface area (Å²) in [6.45, 7) is 0. The van der Waals surface area contributed by atoms with Crippen LogP contribution in [0.3, 0.4) is 0 Å². The number of ether oxygens (including phenoxy) is 1. The summed E-state index contributed by atoms with van der Waals surface area (Å²) in [7, 11) is 1.25. The van der Waals surface area contributed by atoms with Gasteiger partial charge in [-0.3, -0.25) is 4.98 Å². The Morgan fingerprint density at radius 1 is 1.70 bits per heavy atom. The van der Waals surface area contributed by atoms with Crippen molar-refractivity contribution >= 4 is 5.97 Å². The van der Waals surface area contributed by atoms with Gasteiger partial charge in [-0.05, 0) is 12.1 Å². The molecule has 0 amide bonds. The number of aromatic nitrogens is 1. The van der Waals surface area contributed by atoms with Gasteiger partial charge in [0.25, 0.3) is 0 Å². The van der Waals surface area contributed by atoms with E-state index in [-0.39, 0.29) is 17.9 Å². The Labute approximate surface area is 61.5 Å². The smallest absolute Gasteiger partial charge is 0.337 e. The summed E-state index contributed by atoms with van der Waals surface area (Å²) in [5.41, 5.74) is 0.183. The molecule has 0 aliphatic heterocycles. The number of esters is 1. The first kappa shape index (κ1) is 4.44. The molecule has 1 heterocycles. The molecule has 3 heteroatoms. The van der Waals surface area contributed by atoms with Gasteiger partial charge in [0.05, 0.1) is 15.4 Å². The maximum absolute atomic E-state index is 10.9. The number of nitrogens with zero attached hydrogens (tertiary/aromatic N) is 1. The lowest BCUT2D eigenvalue weighted by molar-refractivity contribution is 0.0600. The van der Waals surface area contributed by atoms with Crippen LogP contribution < -0.4 is 0 Å².